The van der Waals surface area contributed by atoms with Crippen LogP contribution in [0.2, 0.25) is 0 Å². The van der Waals surface area contributed by atoms with Gasteiger partial charge in [0.25, 0.3) is 0 Å². The second-order valence-corrected chi connectivity index (χ2v) is 3.43. The Morgan fingerprint density at radius 2 is 2.45 bits per heavy atom. The number of ketones is 1. The molecule has 1 saturated heterocycles. The number of hydrogen-bond donors (Lipinski definition) is 0. The summed E-state index contributed by atoms with van der Waals surface area (Å²) in [6.07, 6.45) is 1.61. The number of rotatable bonds is 1. The molecule has 1 aliphatic carbocycles. The van der Waals surface area contributed by atoms with Gasteiger partial charge in [0, 0.05) is 20.0 Å². The molecular formula is C8H12O3. The molecule has 0 aromatic carbocycles. The summed E-state index contributed by atoms with van der Waals surface area (Å²) in [6.45, 7) is 1.87. The van der Waals surface area contributed by atoms with Crippen LogP contribution in [0.15, 0.2) is 0 Å². The third-order valence-corrected chi connectivity index (χ3v) is 2.72. The molecule has 2 rings (SSSR count). The standard InChI is InChI=1S/C8H12O3/c1-8-6(9)3-5(10-2)4-7(8)11-8/h5,7H,3-4H2,1-2H3/t5?,7?,8-/m1/s1. The van der Waals surface area contributed by atoms with Crippen LogP contribution in [0.1, 0.15) is 19.8 Å². The average molecular weight is 156 g/mol. The van der Waals surface area contributed by atoms with E-state index >= 15 is 0 Å². The normalized spacial score (nSPS) is 48.7. The summed E-state index contributed by atoms with van der Waals surface area (Å²) in [5, 5.41) is 0. The highest BCUT2D eigenvalue weighted by Gasteiger charge is 2.61. The number of ether oxygens (including phenoxy) is 2. The number of carbonyl (C=O) groups is 1. The summed E-state index contributed by atoms with van der Waals surface area (Å²) in [6, 6.07) is 0. The van der Waals surface area contributed by atoms with Gasteiger partial charge in [-0.25, -0.2) is 0 Å². The van der Waals surface area contributed by atoms with Crippen LogP contribution in [0, 0.1) is 0 Å². The minimum Gasteiger partial charge on any atom is -0.381 e. The third kappa shape index (κ3) is 0.914. The van der Waals surface area contributed by atoms with Crippen LogP contribution in [-0.4, -0.2) is 30.7 Å². The monoisotopic (exact) mass is 156 g/mol. The Hall–Kier alpha value is -0.410. The molecule has 0 bridgehead atoms. The maximum absolute atomic E-state index is 11.3. The van der Waals surface area contributed by atoms with Crippen molar-refractivity contribution in [2.75, 3.05) is 7.11 Å². The van der Waals surface area contributed by atoms with Crippen molar-refractivity contribution in [2.24, 2.45) is 0 Å². The lowest BCUT2D eigenvalue weighted by atomic mass is 9.87. The van der Waals surface area contributed by atoms with Gasteiger partial charge in [-0.3, -0.25) is 4.79 Å². The van der Waals surface area contributed by atoms with Crippen LogP contribution in [0.3, 0.4) is 0 Å². The Balaban J connectivity index is 2.08. The van der Waals surface area contributed by atoms with Crippen LogP contribution >= 0.6 is 0 Å². The zero-order valence-electron chi connectivity index (χ0n) is 6.79. The number of fused-ring (bicyclic) bond motifs is 1. The van der Waals surface area contributed by atoms with E-state index in [2.05, 4.69) is 0 Å². The highest BCUT2D eigenvalue weighted by Crippen LogP contribution is 2.45. The summed E-state index contributed by atoms with van der Waals surface area (Å²) in [5.74, 6) is 0.195. The van der Waals surface area contributed by atoms with E-state index in [-0.39, 0.29) is 18.0 Å². The predicted octanol–water partition coefficient (Wildman–Crippen LogP) is 0.522. The Morgan fingerprint density at radius 3 is 3.00 bits per heavy atom. The van der Waals surface area contributed by atoms with Gasteiger partial charge in [0.05, 0.1) is 12.2 Å². The van der Waals surface area contributed by atoms with E-state index in [1.165, 1.54) is 0 Å². The Morgan fingerprint density at radius 1 is 1.73 bits per heavy atom. The molecule has 1 saturated carbocycles. The van der Waals surface area contributed by atoms with Gasteiger partial charge < -0.3 is 9.47 Å². The molecule has 62 valence electrons. The molecule has 3 atom stereocenters. The molecule has 0 N–H and O–H groups in total. The van der Waals surface area contributed by atoms with Crippen molar-refractivity contribution in [3.05, 3.63) is 0 Å². The fraction of sp³-hybridized carbons (Fsp3) is 0.875. The van der Waals surface area contributed by atoms with Crippen molar-refractivity contribution in [2.45, 2.75) is 37.6 Å². The van der Waals surface area contributed by atoms with E-state index in [0.29, 0.717) is 6.42 Å². The van der Waals surface area contributed by atoms with Gasteiger partial charge in [0.1, 0.15) is 5.60 Å². The lowest BCUT2D eigenvalue weighted by Crippen LogP contribution is -2.35. The van der Waals surface area contributed by atoms with E-state index in [0.717, 1.165) is 6.42 Å². The molecule has 2 aliphatic rings. The second-order valence-electron chi connectivity index (χ2n) is 3.43. The molecule has 2 fully saturated rings. The summed E-state index contributed by atoms with van der Waals surface area (Å²) in [5.41, 5.74) is -0.435. The fourth-order valence-electron chi connectivity index (χ4n) is 1.69. The minimum atomic E-state index is -0.435. The fourth-order valence-corrected chi connectivity index (χ4v) is 1.69. The maximum Gasteiger partial charge on any atom is 0.169 e. The molecule has 0 radical (unpaired) electrons. The average Bonchev–Trinajstić information content (AvgIpc) is 2.62. The number of hydrogen-bond acceptors (Lipinski definition) is 3. The van der Waals surface area contributed by atoms with Crippen molar-refractivity contribution in [1.29, 1.82) is 0 Å². The second kappa shape index (κ2) is 2.05. The Kier molecular flexibility index (Phi) is 1.35. The summed E-state index contributed by atoms with van der Waals surface area (Å²) < 4.78 is 10.4. The Labute approximate surface area is 65.7 Å². The zero-order valence-corrected chi connectivity index (χ0v) is 6.79. The van der Waals surface area contributed by atoms with Gasteiger partial charge in [-0.05, 0) is 6.92 Å². The van der Waals surface area contributed by atoms with Crippen LogP contribution in [-0.2, 0) is 14.3 Å². The highest BCUT2D eigenvalue weighted by atomic mass is 16.6. The van der Waals surface area contributed by atoms with Crippen molar-refractivity contribution in [1.82, 2.24) is 0 Å². The first-order chi connectivity index (χ1) is 5.16. The molecule has 0 aromatic heterocycles. The van der Waals surface area contributed by atoms with E-state index < -0.39 is 5.60 Å². The number of carbonyl (C=O) groups excluding carboxylic acids is 1. The first-order valence-corrected chi connectivity index (χ1v) is 3.90. The molecule has 1 heterocycles. The van der Waals surface area contributed by atoms with Gasteiger partial charge in [-0.2, -0.15) is 0 Å². The van der Waals surface area contributed by atoms with Crippen LogP contribution < -0.4 is 0 Å². The smallest absolute Gasteiger partial charge is 0.169 e. The van der Waals surface area contributed by atoms with Gasteiger partial charge in [-0.15, -0.1) is 0 Å². The summed E-state index contributed by atoms with van der Waals surface area (Å²) >= 11 is 0. The van der Waals surface area contributed by atoms with E-state index in [1.54, 1.807) is 7.11 Å². The lowest BCUT2D eigenvalue weighted by Gasteiger charge is -2.19. The largest absolute Gasteiger partial charge is 0.381 e. The lowest BCUT2D eigenvalue weighted by molar-refractivity contribution is -0.126. The first-order valence-electron chi connectivity index (χ1n) is 3.90. The topological polar surface area (TPSA) is 38.8 Å². The van der Waals surface area contributed by atoms with Crippen molar-refractivity contribution in [3.63, 3.8) is 0 Å². The molecule has 0 spiro atoms. The zero-order chi connectivity index (χ0) is 8.06. The third-order valence-electron chi connectivity index (χ3n) is 2.72. The molecule has 11 heavy (non-hydrogen) atoms. The molecular weight excluding hydrogens is 144 g/mol. The quantitative estimate of drug-likeness (QED) is 0.519. The molecule has 2 unspecified atom stereocenters. The van der Waals surface area contributed by atoms with E-state index in [9.17, 15) is 4.79 Å². The molecule has 3 nitrogen and oxygen atoms in total. The van der Waals surface area contributed by atoms with Crippen LogP contribution in [0.5, 0.6) is 0 Å². The number of methoxy groups -OCH3 is 1. The van der Waals surface area contributed by atoms with Crippen LogP contribution in [0.25, 0.3) is 0 Å². The van der Waals surface area contributed by atoms with E-state index in [4.69, 9.17) is 9.47 Å². The number of Topliss-reactive ketones (excluding diaryl/α,β-unsaturated/α-hetero) is 1. The summed E-state index contributed by atoms with van der Waals surface area (Å²) in [4.78, 5) is 11.3. The summed E-state index contributed by atoms with van der Waals surface area (Å²) in [7, 11) is 1.64. The molecule has 0 aromatic rings. The van der Waals surface area contributed by atoms with Gasteiger partial charge in [0.2, 0.25) is 0 Å². The predicted molar refractivity (Wildman–Crippen MR) is 38.3 cm³/mol. The van der Waals surface area contributed by atoms with Gasteiger partial charge in [0.15, 0.2) is 5.78 Å². The molecule has 0 amide bonds. The molecule has 1 aliphatic heterocycles. The SMILES string of the molecule is COC1CC(=O)[C@@]2(C)OC2C1. The van der Waals surface area contributed by atoms with Gasteiger partial charge in [-0.1, -0.05) is 0 Å². The molecule has 3 heteroatoms. The van der Waals surface area contributed by atoms with E-state index in [1.807, 2.05) is 6.92 Å². The van der Waals surface area contributed by atoms with Crippen molar-refractivity contribution >= 4 is 5.78 Å². The maximum atomic E-state index is 11.3. The first kappa shape index (κ1) is 7.25. The van der Waals surface area contributed by atoms with Crippen LogP contribution in [0.4, 0.5) is 0 Å². The van der Waals surface area contributed by atoms with Gasteiger partial charge >= 0.3 is 0 Å². The van der Waals surface area contributed by atoms with Crippen molar-refractivity contribution in [3.8, 4) is 0 Å². The van der Waals surface area contributed by atoms with Crippen molar-refractivity contribution < 1.29 is 14.3 Å². The number of epoxide rings is 1. The minimum absolute atomic E-state index is 0.0862. The Bertz CT molecular complexity index is 202. The highest BCUT2D eigenvalue weighted by molar-refractivity contribution is 5.91.